The summed E-state index contributed by atoms with van der Waals surface area (Å²) >= 11 is 0. The smallest absolute Gasteiger partial charge is 0.292 e. The van der Waals surface area contributed by atoms with Crippen molar-refractivity contribution in [1.82, 2.24) is 15.2 Å². The average molecular weight is 249 g/mol. The van der Waals surface area contributed by atoms with Gasteiger partial charge in [0, 0.05) is 25.6 Å². The monoisotopic (exact) mass is 249 g/mol. The normalized spacial score (nSPS) is 27.3. The highest BCUT2D eigenvalue weighted by Crippen LogP contribution is 2.30. The topological polar surface area (TPSA) is 58.4 Å². The van der Waals surface area contributed by atoms with E-state index in [4.69, 9.17) is 4.42 Å². The molecule has 5 nitrogen and oxygen atoms in total. The van der Waals surface area contributed by atoms with Gasteiger partial charge in [-0.3, -0.25) is 4.79 Å². The number of hydrogen-bond donors (Lipinski definition) is 1. The summed E-state index contributed by atoms with van der Waals surface area (Å²) in [5, 5.41) is 3.39. The van der Waals surface area contributed by atoms with Gasteiger partial charge in [-0.1, -0.05) is 0 Å². The van der Waals surface area contributed by atoms with E-state index in [-0.39, 0.29) is 5.91 Å². The highest BCUT2D eigenvalue weighted by molar-refractivity contribution is 5.93. The summed E-state index contributed by atoms with van der Waals surface area (Å²) < 4.78 is 5.47. The molecule has 0 saturated carbocycles. The Morgan fingerprint density at radius 2 is 2.11 bits per heavy atom. The fourth-order valence-corrected chi connectivity index (χ4v) is 3.16. The second-order valence-electron chi connectivity index (χ2n) is 5.24. The van der Waals surface area contributed by atoms with Crippen LogP contribution in [0, 0.1) is 13.8 Å². The van der Waals surface area contributed by atoms with E-state index in [1.165, 1.54) is 0 Å². The first-order valence-corrected chi connectivity index (χ1v) is 6.64. The molecule has 0 aromatic carbocycles. The van der Waals surface area contributed by atoms with Gasteiger partial charge in [0.1, 0.15) is 0 Å². The van der Waals surface area contributed by atoms with E-state index in [2.05, 4.69) is 10.3 Å². The van der Waals surface area contributed by atoms with Crippen LogP contribution in [0.3, 0.4) is 0 Å². The van der Waals surface area contributed by atoms with Gasteiger partial charge in [-0.05, 0) is 32.7 Å². The number of amides is 1. The number of carbonyl (C=O) groups excluding carboxylic acids is 1. The molecule has 2 aliphatic rings. The Kier molecular flexibility index (Phi) is 2.86. The quantitative estimate of drug-likeness (QED) is 0.814. The highest BCUT2D eigenvalue weighted by Gasteiger charge is 2.40. The standard InChI is InChI=1S/C13H19N3O2/c1-8-12(18-9(2)15-8)13(17)16-10-3-4-11(16)7-14-6-5-10/h10-11,14H,3-7H2,1-2H3. The predicted molar refractivity (Wildman–Crippen MR) is 66.4 cm³/mol. The van der Waals surface area contributed by atoms with Crippen LogP contribution in [-0.2, 0) is 0 Å². The zero-order valence-electron chi connectivity index (χ0n) is 10.9. The van der Waals surface area contributed by atoms with Crippen molar-refractivity contribution in [1.29, 1.82) is 0 Å². The van der Waals surface area contributed by atoms with Crippen molar-refractivity contribution in [2.75, 3.05) is 13.1 Å². The number of aromatic nitrogens is 1. The number of fused-ring (bicyclic) bond motifs is 2. The van der Waals surface area contributed by atoms with Gasteiger partial charge in [-0.25, -0.2) is 4.98 Å². The number of nitrogens with zero attached hydrogens (tertiary/aromatic N) is 2. The Hall–Kier alpha value is -1.36. The maximum Gasteiger partial charge on any atom is 0.292 e. The third kappa shape index (κ3) is 1.82. The lowest BCUT2D eigenvalue weighted by Gasteiger charge is -2.26. The number of nitrogens with one attached hydrogen (secondary N) is 1. The lowest BCUT2D eigenvalue weighted by atomic mass is 10.1. The molecule has 2 saturated heterocycles. The van der Waals surface area contributed by atoms with Gasteiger partial charge in [0.25, 0.3) is 5.91 Å². The number of aryl methyl sites for hydroxylation is 2. The lowest BCUT2D eigenvalue weighted by molar-refractivity contribution is 0.0645. The zero-order valence-corrected chi connectivity index (χ0v) is 10.9. The minimum Gasteiger partial charge on any atom is -0.436 e. The summed E-state index contributed by atoms with van der Waals surface area (Å²) in [6, 6.07) is 0.678. The number of hydrogen-bond acceptors (Lipinski definition) is 4. The van der Waals surface area contributed by atoms with Crippen molar-refractivity contribution in [3.8, 4) is 0 Å². The van der Waals surface area contributed by atoms with Crippen LogP contribution in [0.15, 0.2) is 4.42 Å². The maximum atomic E-state index is 12.6. The van der Waals surface area contributed by atoms with Gasteiger partial charge in [0.15, 0.2) is 5.89 Å². The second kappa shape index (κ2) is 4.39. The molecule has 2 atom stereocenters. The molecule has 5 heteroatoms. The van der Waals surface area contributed by atoms with Crippen LogP contribution in [0.1, 0.15) is 41.4 Å². The summed E-state index contributed by atoms with van der Waals surface area (Å²) in [7, 11) is 0. The maximum absolute atomic E-state index is 12.6. The van der Waals surface area contributed by atoms with E-state index < -0.39 is 0 Å². The first kappa shape index (κ1) is 11.7. The minimum atomic E-state index is 0.0179. The van der Waals surface area contributed by atoms with E-state index in [0.717, 1.165) is 32.4 Å². The number of oxazole rings is 1. The molecule has 0 aliphatic carbocycles. The number of carbonyl (C=O) groups is 1. The molecule has 1 aromatic heterocycles. The van der Waals surface area contributed by atoms with Gasteiger partial charge >= 0.3 is 0 Å². The van der Waals surface area contributed by atoms with Crippen molar-refractivity contribution in [3.63, 3.8) is 0 Å². The van der Waals surface area contributed by atoms with Gasteiger partial charge in [0.05, 0.1) is 5.69 Å². The largest absolute Gasteiger partial charge is 0.436 e. The Morgan fingerprint density at radius 3 is 2.83 bits per heavy atom. The Bertz CT molecular complexity index is 455. The molecule has 0 radical (unpaired) electrons. The van der Waals surface area contributed by atoms with Crippen LogP contribution in [0.4, 0.5) is 0 Å². The third-order valence-electron chi connectivity index (χ3n) is 3.99. The second-order valence-corrected chi connectivity index (χ2v) is 5.24. The van der Waals surface area contributed by atoms with Crippen molar-refractivity contribution in [3.05, 3.63) is 17.3 Å². The molecule has 3 heterocycles. The van der Waals surface area contributed by atoms with E-state index in [1.54, 1.807) is 6.92 Å². The molecule has 2 bridgehead atoms. The fraction of sp³-hybridized carbons (Fsp3) is 0.692. The molecule has 2 aliphatic heterocycles. The molecule has 98 valence electrons. The Morgan fingerprint density at radius 1 is 1.33 bits per heavy atom. The van der Waals surface area contributed by atoms with Crippen LogP contribution in [-0.4, -0.2) is 41.0 Å². The Balaban J connectivity index is 1.90. The molecule has 1 aromatic rings. The SMILES string of the molecule is Cc1nc(C)c(C(=O)N2C3CCNCC2CC3)o1. The first-order valence-electron chi connectivity index (χ1n) is 6.64. The van der Waals surface area contributed by atoms with Gasteiger partial charge < -0.3 is 14.6 Å². The molecule has 2 fully saturated rings. The van der Waals surface area contributed by atoms with E-state index in [1.807, 2.05) is 11.8 Å². The highest BCUT2D eigenvalue weighted by atomic mass is 16.4. The van der Waals surface area contributed by atoms with Crippen molar-refractivity contribution < 1.29 is 9.21 Å². The number of rotatable bonds is 1. The van der Waals surface area contributed by atoms with Gasteiger partial charge in [-0.15, -0.1) is 0 Å². The summed E-state index contributed by atoms with van der Waals surface area (Å²) in [5.74, 6) is 1.01. The zero-order chi connectivity index (χ0) is 12.7. The molecule has 2 unspecified atom stereocenters. The van der Waals surface area contributed by atoms with Gasteiger partial charge in [-0.2, -0.15) is 0 Å². The Labute approximate surface area is 107 Å². The molecule has 1 amide bonds. The predicted octanol–water partition coefficient (Wildman–Crippen LogP) is 1.26. The summed E-state index contributed by atoms with van der Waals surface area (Å²) in [6.45, 7) is 5.51. The third-order valence-corrected chi connectivity index (χ3v) is 3.99. The summed E-state index contributed by atoms with van der Waals surface area (Å²) in [5.41, 5.74) is 0.703. The molecular weight excluding hydrogens is 230 g/mol. The van der Waals surface area contributed by atoms with Crippen LogP contribution >= 0.6 is 0 Å². The molecule has 18 heavy (non-hydrogen) atoms. The van der Waals surface area contributed by atoms with Crippen LogP contribution < -0.4 is 5.32 Å². The van der Waals surface area contributed by atoms with Crippen molar-refractivity contribution in [2.24, 2.45) is 0 Å². The first-order chi connectivity index (χ1) is 8.66. The minimum absolute atomic E-state index is 0.0179. The van der Waals surface area contributed by atoms with E-state index in [0.29, 0.717) is 29.4 Å². The van der Waals surface area contributed by atoms with Crippen LogP contribution in [0.5, 0.6) is 0 Å². The fourth-order valence-electron chi connectivity index (χ4n) is 3.16. The summed E-state index contributed by atoms with van der Waals surface area (Å²) in [6.07, 6.45) is 3.24. The van der Waals surface area contributed by atoms with E-state index in [9.17, 15) is 4.79 Å². The molecular formula is C13H19N3O2. The molecule has 0 spiro atoms. The van der Waals surface area contributed by atoms with E-state index >= 15 is 0 Å². The lowest BCUT2D eigenvalue weighted by Crippen LogP contribution is -2.42. The molecule has 3 rings (SSSR count). The van der Waals surface area contributed by atoms with Crippen molar-refractivity contribution in [2.45, 2.75) is 45.2 Å². The van der Waals surface area contributed by atoms with Gasteiger partial charge in [0.2, 0.25) is 5.76 Å². The van der Waals surface area contributed by atoms with Crippen molar-refractivity contribution >= 4 is 5.91 Å². The molecule has 1 N–H and O–H groups in total. The average Bonchev–Trinajstić information content (AvgIpc) is 2.76. The van der Waals surface area contributed by atoms with Crippen LogP contribution in [0.25, 0.3) is 0 Å². The summed E-state index contributed by atoms with van der Waals surface area (Å²) in [4.78, 5) is 18.8. The van der Waals surface area contributed by atoms with Crippen LogP contribution in [0.2, 0.25) is 0 Å².